The van der Waals surface area contributed by atoms with Gasteiger partial charge in [0.15, 0.2) is 0 Å². The molecule has 2 heterocycles. The van der Waals surface area contributed by atoms with Crippen LogP contribution in [-0.4, -0.2) is 28.5 Å². The number of rotatable bonds is 5. The summed E-state index contributed by atoms with van der Waals surface area (Å²) in [7, 11) is 0. The summed E-state index contributed by atoms with van der Waals surface area (Å²) in [4.78, 5) is 6.98. The quantitative estimate of drug-likeness (QED) is 0.865. The van der Waals surface area contributed by atoms with Crippen molar-refractivity contribution >= 4 is 5.82 Å². The molecule has 0 amide bonds. The lowest BCUT2D eigenvalue weighted by atomic mass is 10.1. The fraction of sp³-hybridized carbons (Fsp3) is 0.667. The second kappa shape index (κ2) is 6.19. The highest BCUT2D eigenvalue weighted by molar-refractivity contribution is 5.37. The van der Waals surface area contributed by atoms with Crippen LogP contribution in [0.4, 0.5) is 5.82 Å². The first-order valence-electron chi connectivity index (χ1n) is 7.19. The van der Waals surface area contributed by atoms with Crippen molar-refractivity contribution < 1.29 is 0 Å². The molecule has 18 heavy (non-hydrogen) atoms. The van der Waals surface area contributed by atoms with E-state index in [0.717, 1.165) is 24.9 Å². The summed E-state index contributed by atoms with van der Waals surface area (Å²) < 4.78 is 0. The molecule has 1 fully saturated rings. The Kier molecular flexibility index (Phi) is 4.59. The molecule has 3 nitrogen and oxygen atoms in total. The van der Waals surface area contributed by atoms with Gasteiger partial charge in [-0.2, -0.15) is 0 Å². The molecule has 2 rings (SSSR count). The first-order chi connectivity index (χ1) is 8.74. The maximum absolute atomic E-state index is 4.33. The lowest BCUT2D eigenvalue weighted by Gasteiger charge is -2.27. The molecule has 0 spiro atoms. The number of likely N-dealkylation sites (tertiary alicyclic amines) is 1. The number of anilines is 1. The zero-order valence-corrected chi connectivity index (χ0v) is 11.8. The van der Waals surface area contributed by atoms with E-state index < -0.39 is 0 Å². The van der Waals surface area contributed by atoms with Crippen molar-refractivity contribution in [3.63, 3.8) is 0 Å². The molecule has 2 atom stereocenters. The van der Waals surface area contributed by atoms with Crippen LogP contribution in [-0.2, 0) is 6.54 Å². The van der Waals surface area contributed by atoms with E-state index >= 15 is 0 Å². The third-order valence-corrected chi connectivity index (χ3v) is 3.97. The van der Waals surface area contributed by atoms with Crippen LogP contribution >= 0.6 is 0 Å². The summed E-state index contributed by atoms with van der Waals surface area (Å²) in [5.74, 6) is 0.995. The Hall–Kier alpha value is -1.09. The highest BCUT2D eigenvalue weighted by Crippen LogP contribution is 2.27. The predicted molar refractivity (Wildman–Crippen MR) is 76.7 cm³/mol. The number of nitrogens with one attached hydrogen (secondary N) is 1. The number of hydrogen-bond acceptors (Lipinski definition) is 3. The summed E-state index contributed by atoms with van der Waals surface area (Å²) in [6.07, 6.45) is 5.86. The van der Waals surface area contributed by atoms with E-state index in [1.807, 2.05) is 6.20 Å². The molecule has 1 aliphatic rings. The zero-order valence-electron chi connectivity index (χ0n) is 11.8. The summed E-state index contributed by atoms with van der Waals surface area (Å²) in [5, 5.41) is 3.28. The molecule has 0 saturated carbocycles. The molecular weight excluding hydrogens is 222 g/mol. The molecule has 0 aliphatic carbocycles. The fourth-order valence-corrected chi connectivity index (χ4v) is 2.91. The van der Waals surface area contributed by atoms with Gasteiger partial charge in [0.2, 0.25) is 0 Å². The Bertz CT molecular complexity index is 378. The van der Waals surface area contributed by atoms with E-state index in [9.17, 15) is 0 Å². The Morgan fingerprint density at radius 2 is 2.22 bits per heavy atom. The Balaban J connectivity index is 2.05. The van der Waals surface area contributed by atoms with Crippen molar-refractivity contribution in [3.05, 3.63) is 23.9 Å². The third-order valence-electron chi connectivity index (χ3n) is 3.97. The van der Waals surface area contributed by atoms with Crippen molar-refractivity contribution in [1.29, 1.82) is 0 Å². The number of nitrogens with zero attached hydrogens (tertiary/aromatic N) is 2. The van der Waals surface area contributed by atoms with Gasteiger partial charge in [-0.25, -0.2) is 4.98 Å². The topological polar surface area (TPSA) is 28.2 Å². The van der Waals surface area contributed by atoms with Crippen molar-refractivity contribution in [2.24, 2.45) is 0 Å². The molecule has 1 saturated heterocycles. The summed E-state index contributed by atoms with van der Waals surface area (Å²) in [6.45, 7) is 8.73. The molecule has 1 aliphatic heterocycles. The molecule has 3 heteroatoms. The lowest BCUT2D eigenvalue weighted by Crippen LogP contribution is -2.33. The van der Waals surface area contributed by atoms with Crippen LogP contribution in [0.15, 0.2) is 18.3 Å². The van der Waals surface area contributed by atoms with Crippen LogP contribution in [0.3, 0.4) is 0 Å². The molecule has 1 aromatic heterocycles. The van der Waals surface area contributed by atoms with E-state index in [-0.39, 0.29) is 0 Å². The number of aromatic nitrogens is 1. The van der Waals surface area contributed by atoms with Crippen LogP contribution < -0.4 is 5.32 Å². The minimum Gasteiger partial charge on any atom is -0.370 e. The van der Waals surface area contributed by atoms with Crippen LogP contribution in [0.2, 0.25) is 0 Å². The van der Waals surface area contributed by atoms with Gasteiger partial charge in [0.25, 0.3) is 0 Å². The highest BCUT2D eigenvalue weighted by Gasteiger charge is 2.28. The molecule has 1 aromatic rings. The summed E-state index contributed by atoms with van der Waals surface area (Å²) >= 11 is 0. The first kappa shape index (κ1) is 13.3. The second-order valence-electron chi connectivity index (χ2n) is 5.24. The predicted octanol–water partition coefficient (Wildman–Crippen LogP) is 3.28. The fourth-order valence-electron chi connectivity index (χ4n) is 2.91. The van der Waals surface area contributed by atoms with Gasteiger partial charge in [0.1, 0.15) is 5.82 Å². The van der Waals surface area contributed by atoms with Gasteiger partial charge in [-0.15, -0.1) is 0 Å². The van der Waals surface area contributed by atoms with E-state index in [1.54, 1.807) is 0 Å². The minimum absolute atomic E-state index is 0.714. The number of pyridine rings is 1. The zero-order chi connectivity index (χ0) is 13.0. The maximum Gasteiger partial charge on any atom is 0.126 e. The van der Waals surface area contributed by atoms with E-state index in [1.165, 1.54) is 24.8 Å². The molecule has 0 radical (unpaired) electrons. The van der Waals surface area contributed by atoms with Gasteiger partial charge in [-0.05, 0) is 50.8 Å². The minimum atomic E-state index is 0.714. The standard InChI is InChI=1S/C15H25N3/c1-4-14-7-6-12(3)18(14)11-13-8-9-17-15(10-13)16-5-2/h8-10,12,14H,4-7,11H2,1-3H3,(H,16,17). The molecule has 0 aromatic carbocycles. The second-order valence-corrected chi connectivity index (χ2v) is 5.24. The average Bonchev–Trinajstić information content (AvgIpc) is 2.72. The van der Waals surface area contributed by atoms with Crippen LogP contribution in [0.5, 0.6) is 0 Å². The van der Waals surface area contributed by atoms with Crippen molar-refractivity contribution in [2.75, 3.05) is 11.9 Å². The van der Waals surface area contributed by atoms with Gasteiger partial charge < -0.3 is 5.32 Å². The van der Waals surface area contributed by atoms with Gasteiger partial charge >= 0.3 is 0 Å². The van der Waals surface area contributed by atoms with Crippen LogP contribution in [0, 0.1) is 0 Å². The van der Waals surface area contributed by atoms with Crippen molar-refractivity contribution in [1.82, 2.24) is 9.88 Å². The largest absolute Gasteiger partial charge is 0.370 e. The molecule has 1 N–H and O–H groups in total. The van der Waals surface area contributed by atoms with E-state index in [0.29, 0.717) is 6.04 Å². The van der Waals surface area contributed by atoms with E-state index in [2.05, 4.69) is 48.1 Å². The monoisotopic (exact) mass is 247 g/mol. The molecule has 0 bridgehead atoms. The van der Waals surface area contributed by atoms with Gasteiger partial charge in [-0.1, -0.05) is 6.92 Å². The summed E-state index contributed by atoms with van der Waals surface area (Å²) in [5.41, 5.74) is 1.37. The number of hydrogen-bond donors (Lipinski definition) is 1. The summed E-state index contributed by atoms with van der Waals surface area (Å²) in [6, 6.07) is 5.79. The highest BCUT2D eigenvalue weighted by atomic mass is 15.2. The molecular formula is C15H25N3. The van der Waals surface area contributed by atoms with Crippen LogP contribution in [0.1, 0.15) is 45.6 Å². The van der Waals surface area contributed by atoms with Crippen molar-refractivity contribution in [3.8, 4) is 0 Å². The average molecular weight is 247 g/mol. The Morgan fingerprint density at radius 1 is 1.39 bits per heavy atom. The van der Waals surface area contributed by atoms with Gasteiger partial charge in [-0.3, -0.25) is 4.90 Å². The molecule has 2 unspecified atom stereocenters. The van der Waals surface area contributed by atoms with E-state index in [4.69, 9.17) is 0 Å². The van der Waals surface area contributed by atoms with Gasteiger partial charge in [0.05, 0.1) is 0 Å². The first-order valence-corrected chi connectivity index (χ1v) is 7.19. The van der Waals surface area contributed by atoms with Crippen molar-refractivity contribution in [2.45, 2.75) is 58.7 Å². The van der Waals surface area contributed by atoms with Crippen LogP contribution in [0.25, 0.3) is 0 Å². The Morgan fingerprint density at radius 3 is 2.94 bits per heavy atom. The normalized spacial score (nSPS) is 24.4. The Labute approximate surface area is 111 Å². The lowest BCUT2D eigenvalue weighted by molar-refractivity contribution is 0.189. The molecule has 100 valence electrons. The smallest absolute Gasteiger partial charge is 0.126 e. The SMILES string of the molecule is CCNc1cc(CN2C(C)CCC2CC)ccn1. The third kappa shape index (κ3) is 3.02. The maximum atomic E-state index is 4.33. The van der Waals surface area contributed by atoms with Gasteiger partial charge in [0, 0.05) is 31.4 Å².